The Hall–Kier alpha value is -0.870. The Bertz CT molecular complexity index is 456. The molecular formula is C12H13NOS2. The lowest BCUT2D eigenvalue weighted by molar-refractivity contribution is -0.118. The Kier molecular flexibility index (Phi) is 3.30. The third kappa shape index (κ3) is 2.44. The molecule has 4 heteroatoms. The Balaban J connectivity index is 2.18. The standard InChI is InChI=1S/C12H13NOS2/c1-7-3-4-8(2)9(5-7)6-10-11(14)13-12(15)16-10/h3-5,10H,6H2,1-2H3,(H,13,14,15). The molecule has 1 amide bonds. The van der Waals surface area contributed by atoms with E-state index in [9.17, 15) is 4.79 Å². The van der Waals surface area contributed by atoms with Crippen LogP contribution in [-0.2, 0) is 11.2 Å². The second-order valence-corrected chi connectivity index (χ2v) is 5.90. The van der Waals surface area contributed by atoms with Crippen molar-refractivity contribution >= 4 is 34.2 Å². The molecule has 1 saturated heterocycles. The first kappa shape index (κ1) is 11.6. The van der Waals surface area contributed by atoms with Crippen LogP contribution in [0.1, 0.15) is 16.7 Å². The number of nitrogens with one attached hydrogen (secondary N) is 1. The number of hydrogen-bond acceptors (Lipinski definition) is 3. The second kappa shape index (κ2) is 4.55. The predicted octanol–water partition coefficient (Wildman–Crippen LogP) is 2.36. The number of aryl methyl sites for hydroxylation is 2. The number of amides is 1. The van der Waals surface area contributed by atoms with E-state index in [1.165, 1.54) is 28.5 Å². The van der Waals surface area contributed by atoms with Gasteiger partial charge in [0.15, 0.2) is 0 Å². The van der Waals surface area contributed by atoms with Crippen LogP contribution in [0.5, 0.6) is 0 Å². The summed E-state index contributed by atoms with van der Waals surface area (Å²) in [7, 11) is 0. The first-order chi connectivity index (χ1) is 7.56. The van der Waals surface area contributed by atoms with Crippen LogP contribution < -0.4 is 5.32 Å². The molecule has 1 aromatic carbocycles. The fourth-order valence-corrected chi connectivity index (χ4v) is 3.04. The van der Waals surface area contributed by atoms with Gasteiger partial charge in [-0.25, -0.2) is 0 Å². The maximum absolute atomic E-state index is 11.6. The molecule has 1 aliphatic heterocycles. The van der Waals surface area contributed by atoms with E-state index in [0.717, 1.165) is 6.42 Å². The molecule has 1 N–H and O–H groups in total. The lowest BCUT2D eigenvalue weighted by atomic mass is 10.0. The van der Waals surface area contributed by atoms with Gasteiger partial charge < -0.3 is 5.32 Å². The number of carbonyl (C=O) groups excluding carboxylic acids is 1. The molecule has 0 saturated carbocycles. The molecule has 0 radical (unpaired) electrons. The van der Waals surface area contributed by atoms with E-state index < -0.39 is 0 Å². The number of benzene rings is 1. The summed E-state index contributed by atoms with van der Waals surface area (Å²) in [6.45, 7) is 4.14. The molecule has 1 fully saturated rings. The number of thiocarbonyl (C=S) groups is 1. The first-order valence-corrected chi connectivity index (χ1v) is 6.42. The lowest BCUT2D eigenvalue weighted by Gasteiger charge is -2.09. The van der Waals surface area contributed by atoms with Crippen molar-refractivity contribution in [3.8, 4) is 0 Å². The summed E-state index contributed by atoms with van der Waals surface area (Å²) in [4.78, 5) is 11.6. The molecule has 0 bridgehead atoms. The Morgan fingerprint density at radius 3 is 2.81 bits per heavy atom. The van der Waals surface area contributed by atoms with E-state index >= 15 is 0 Å². The predicted molar refractivity (Wildman–Crippen MR) is 71.7 cm³/mol. The van der Waals surface area contributed by atoms with Crippen LogP contribution in [0.4, 0.5) is 0 Å². The highest BCUT2D eigenvalue weighted by Gasteiger charge is 2.29. The molecule has 2 nitrogen and oxygen atoms in total. The third-order valence-corrected chi connectivity index (χ3v) is 4.05. The molecule has 2 rings (SSSR count). The summed E-state index contributed by atoms with van der Waals surface area (Å²) < 4.78 is 0.598. The van der Waals surface area contributed by atoms with Gasteiger partial charge in [-0.3, -0.25) is 4.79 Å². The molecular weight excluding hydrogens is 238 g/mol. The van der Waals surface area contributed by atoms with Crippen LogP contribution in [0.3, 0.4) is 0 Å². The topological polar surface area (TPSA) is 29.1 Å². The van der Waals surface area contributed by atoms with Gasteiger partial charge in [0.05, 0.1) is 5.25 Å². The van der Waals surface area contributed by atoms with Gasteiger partial charge >= 0.3 is 0 Å². The minimum Gasteiger partial charge on any atom is -0.311 e. The number of thioether (sulfide) groups is 1. The fraction of sp³-hybridized carbons (Fsp3) is 0.333. The van der Waals surface area contributed by atoms with Gasteiger partial charge in [0.1, 0.15) is 4.32 Å². The molecule has 0 aromatic heterocycles. The van der Waals surface area contributed by atoms with Crippen LogP contribution in [0.15, 0.2) is 18.2 Å². The molecule has 1 atom stereocenters. The van der Waals surface area contributed by atoms with E-state index in [2.05, 4.69) is 37.4 Å². The van der Waals surface area contributed by atoms with Crippen molar-refractivity contribution < 1.29 is 4.79 Å². The van der Waals surface area contributed by atoms with E-state index in [1.54, 1.807) is 0 Å². The number of hydrogen-bond donors (Lipinski definition) is 1. The van der Waals surface area contributed by atoms with Gasteiger partial charge in [0.2, 0.25) is 5.91 Å². The van der Waals surface area contributed by atoms with Gasteiger partial charge in [-0.15, -0.1) is 0 Å². The summed E-state index contributed by atoms with van der Waals surface area (Å²) in [5.74, 6) is 0.0379. The second-order valence-electron chi connectivity index (χ2n) is 4.02. The molecule has 1 heterocycles. The quantitative estimate of drug-likeness (QED) is 0.818. The summed E-state index contributed by atoms with van der Waals surface area (Å²) in [6, 6.07) is 6.33. The monoisotopic (exact) mass is 251 g/mol. The van der Waals surface area contributed by atoms with Crippen molar-refractivity contribution in [1.82, 2.24) is 5.32 Å². The van der Waals surface area contributed by atoms with Crippen LogP contribution in [0, 0.1) is 13.8 Å². The average Bonchev–Trinajstić information content (AvgIpc) is 2.51. The zero-order valence-corrected chi connectivity index (χ0v) is 10.9. The Morgan fingerprint density at radius 1 is 1.44 bits per heavy atom. The van der Waals surface area contributed by atoms with Gasteiger partial charge in [-0.2, -0.15) is 0 Å². The zero-order valence-electron chi connectivity index (χ0n) is 9.24. The Labute approximate surface area is 105 Å². The van der Waals surface area contributed by atoms with Crippen molar-refractivity contribution in [2.45, 2.75) is 25.5 Å². The van der Waals surface area contributed by atoms with Crippen molar-refractivity contribution in [3.05, 3.63) is 34.9 Å². The average molecular weight is 251 g/mol. The maximum Gasteiger partial charge on any atom is 0.239 e. The fourth-order valence-electron chi connectivity index (χ4n) is 1.75. The summed E-state index contributed by atoms with van der Waals surface area (Å²) in [6.07, 6.45) is 0.754. The van der Waals surface area contributed by atoms with Crippen LogP contribution in [-0.4, -0.2) is 15.5 Å². The zero-order chi connectivity index (χ0) is 11.7. The largest absolute Gasteiger partial charge is 0.311 e. The number of carbonyl (C=O) groups is 1. The highest BCUT2D eigenvalue weighted by Crippen LogP contribution is 2.24. The lowest BCUT2D eigenvalue weighted by Crippen LogP contribution is -2.25. The van der Waals surface area contributed by atoms with E-state index in [4.69, 9.17) is 12.2 Å². The van der Waals surface area contributed by atoms with Gasteiger partial charge in [0, 0.05) is 0 Å². The van der Waals surface area contributed by atoms with Crippen molar-refractivity contribution in [1.29, 1.82) is 0 Å². The molecule has 1 aliphatic rings. The highest BCUT2D eigenvalue weighted by atomic mass is 32.2. The van der Waals surface area contributed by atoms with Crippen LogP contribution in [0.2, 0.25) is 0 Å². The Morgan fingerprint density at radius 2 is 2.19 bits per heavy atom. The minimum atomic E-state index is -0.0620. The van der Waals surface area contributed by atoms with Crippen LogP contribution in [0.25, 0.3) is 0 Å². The summed E-state index contributed by atoms with van der Waals surface area (Å²) in [5, 5.41) is 2.61. The molecule has 0 spiro atoms. The number of rotatable bonds is 2. The van der Waals surface area contributed by atoms with Crippen LogP contribution >= 0.6 is 24.0 Å². The van der Waals surface area contributed by atoms with Gasteiger partial charge in [-0.1, -0.05) is 47.7 Å². The van der Waals surface area contributed by atoms with Crippen molar-refractivity contribution in [3.63, 3.8) is 0 Å². The maximum atomic E-state index is 11.6. The highest BCUT2D eigenvalue weighted by molar-refractivity contribution is 8.24. The van der Waals surface area contributed by atoms with E-state index in [1.807, 2.05) is 0 Å². The third-order valence-electron chi connectivity index (χ3n) is 2.68. The van der Waals surface area contributed by atoms with Gasteiger partial charge in [0.25, 0.3) is 0 Å². The first-order valence-electron chi connectivity index (χ1n) is 5.14. The van der Waals surface area contributed by atoms with Crippen molar-refractivity contribution in [2.24, 2.45) is 0 Å². The molecule has 1 aromatic rings. The summed E-state index contributed by atoms with van der Waals surface area (Å²) >= 11 is 6.43. The molecule has 1 unspecified atom stereocenters. The van der Waals surface area contributed by atoms with Gasteiger partial charge in [-0.05, 0) is 31.4 Å². The minimum absolute atomic E-state index is 0.0379. The molecule has 84 valence electrons. The molecule has 0 aliphatic carbocycles. The molecule has 16 heavy (non-hydrogen) atoms. The van der Waals surface area contributed by atoms with E-state index in [0.29, 0.717) is 4.32 Å². The van der Waals surface area contributed by atoms with E-state index in [-0.39, 0.29) is 11.2 Å². The summed E-state index contributed by atoms with van der Waals surface area (Å²) in [5.41, 5.74) is 3.70. The normalized spacial score (nSPS) is 20.0. The van der Waals surface area contributed by atoms with Crippen molar-refractivity contribution in [2.75, 3.05) is 0 Å². The smallest absolute Gasteiger partial charge is 0.239 e. The SMILES string of the molecule is Cc1ccc(C)c(CC2SC(=S)NC2=O)c1.